The zero-order chi connectivity index (χ0) is 14.6. The smallest absolute Gasteiger partial charge is 0.326 e. The Morgan fingerprint density at radius 1 is 1.42 bits per heavy atom. The maximum atomic E-state index is 11.6. The van der Waals surface area contributed by atoms with Gasteiger partial charge in [-0.2, -0.15) is 0 Å². The van der Waals surface area contributed by atoms with E-state index in [0.29, 0.717) is 5.69 Å². The van der Waals surface area contributed by atoms with E-state index in [1.54, 1.807) is 12.3 Å². The lowest BCUT2D eigenvalue weighted by atomic mass is 10.2. The van der Waals surface area contributed by atoms with Crippen LogP contribution in [0, 0.1) is 6.92 Å². The average molecular weight is 288 g/mol. The van der Waals surface area contributed by atoms with Crippen LogP contribution in [0.2, 0.25) is 0 Å². The van der Waals surface area contributed by atoms with Gasteiger partial charge in [0.1, 0.15) is 12.6 Å². The van der Waals surface area contributed by atoms with Crippen molar-refractivity contribution in [3.63, 3.8) is 0 Å². The van der Waals surface area contributed by atoms with E-state index in [1.165, 1.54) is 4.57 Å². The van der Waals surface area contributed by atoms with Crippen molar-refractivity contribution >= 4 is 29.2 Å². The molecule has 0 unspecified atom stereocenters. The van der Waals surface area contributed by atoms with Crippen molar-refractivity contribution in [2.24, 2.45) is 0 Å². The van der Waals surface area contributed by atoms with Crippen LogP contribution in [-0.2, 0) is 20.9 Å². The summed E-state index contributed by atoms with van der Waals surface area (Å²) >= 11 is 0.926. The lowest BCUT2D eigenvalue weighted by Gasteiger charge is -2.12. The van der Waals surface area contributed by atoms with Crippen molar-refractivity contribution in [2.75, 3.05) is 0 Å². The highest BCUT2D eigenvalue weighted by molar-refractivity contribution is 7.07. The number of nitrogens with one attached hydrogen (secondary N) is 1. The fourth-order valence-electron chi connectivity index (χ4n) is 1.35. The molecular weight excluding hydrogens is 276 g/mol. The molecule has 0 saturated heterocycles. The van der Waals surface area contributed by atoms with E-state index in [2.05, 4.69) is 5.32 Å². The molecule has 0 saturated carbocycles. The second-order valence-corrected chi connectivity index (χ2v) is 4.61. The van der Waals surface area contributed by atoms with Crippen LogP contribution < -0.4 is 10.2 Å². The second-order valence-electron chi connectivity index (χ2n) is 3.79. The van der Waals surface area contributed by atoms with Crippen LogP contribution in [0.4, 0.5) is 0 Å². The van der Waals surface area contributed by atoms with Gasteiger partial charge in [-0.3, -0.25) is 19.0 Å². The molecule has 0 aliphatic heterocycles. The second kappa shape index (κ2) is 6.14. The van der Waals surface area contributed by atoms with E-state index in [-0.39, 0.29) is 11.4 Å². The minimum Gasteiger partial charge on any atom is -0.481 e. The van der Waals surface area contributed by atoms with Crippen LogP contribution >= 0.6 is 11.3 Å². The van der Waals surface area contributed by atoms with Crippen molar-refractivity contribution in [1.29, 1.82) is 0 Å². The standard InChI is InChI=1S/C10H12N2O6S/c1-5-4-19-10(18)12(5)3-7(13)11-6(9(16)17)2-8(14)15/h4,6H,2-3H2,1H3,(H,11,13)(H,14,15)(H,16,17)/t6-/m1/s1. The fourth-order valence-corrected chi connectivity index (χ4v) is 2.09. The van der Waals surface area contributed by atoms with Crippen molar-refractivity contribution in [2.45, 2.75) is 25.9 Å². The predicted octanol–water partition coefficient (Wildman–Crippen LogP) is -0.738. The number of carboxylic acids is 2. The van der Waals surface area contributed by atoms with E-state index in [0.717, 1.165) is 11.3 Å². The SMILES string of the molecule is Cc1csc(=O)n1CC(=O)N[C@H](CC(=O)O)C(=O)O. The first-order chi connectivity index (χ1) is 8.81. The molecule has 0 aliphatic rings. The van der Waals surface area contributed by atoms with Gasteiger partial charge >= 0.3 is 16.8 Å². The normalized spacial score (nSPS) is 11.8. The summed E-state index contributed by atoms with van der Waals surface area (Å²) in [7, 11) is 0. The van der Waals surface area contributed by atoms with Gasteiger partial charge in [-0.05, 0) is 6.92 Å². The van der Waals surface area contributed by atoms with E-state index in [1.807, 2.05) is 0 Å². The van der Waals surface area contributed by atoms with E-state index >= 15 is 0 Å². The van der Waals surface area contributed by atoms with Gasteiger partial charge in [-0.25, -0.2) is 4.79 Å². The molecule has 104 valence electrons. The van der Waals surface area contributed by atoms with Gasteiger partial charge in [0, 0.05) is 11.1 Å². The van der Waals surface area contributed by atoms with Crippen LogP contribution in [-0.4, -0.2) is 38.7 Å². The Balaban J connectivity index is 2.71. The number of rotatable bonds is 6. The minimum atomic E-state index is -1.51. The van der Waals surface area contributed by atoms with Crippen molar-refractivity contribution in [1.82, 2.24) is 9.88 Å². The number of carbonyl (C=O) groups excluding carboxylic acids is 1. The Hall–Kier alpha value is -2.16. The third kappa shape index (κ3) is 4.21. The molecule has 1 amide bonds. The molecule has 1 aromatic heterocycles. The molecule has 19 heavy (non-hydrogen) atoms. The highest BCUT2D eigenvalue weighted by Gasteiger charge is 2.23. The van der Waals surface area contributed by atoms with E-state index in [9.17, 15) is 19.2 Å². The molecule has 0 bridgehead atoms. The summed E-state index contributed by atoms with van der Waals surface area (Å²) in [6.07, 6.45) is -0.724. The number of thiazole rings is 1. The summed E-state index contributed by atoms with van der Waals surface area (Å²) in [6, 6.07) is -1.51. The van der Waals surface area contributed by atoms with Gasteiger partial charge in [0.05, 0.1) is 6.42 Å². The molecule has 0 radical (unpaired) electrons. The number of carboxylic acid groups (broad SMARTS) is 2. The van der Waals surface area contributed by atoms with Gasteiger partial charge in [0.2, 0.25) is 5.91 Å². The maximum absolute atomic E-state index is 11.6. The molecule has 0 aliphatic carbocycles. The van der Waals surface area contributed by atoms with Crippen molar-refractivity contribution in [3.8, 4) is 0 Å². The van der Waals surface area contributed by atoms with Crippen molar-refractivity contribution < 1.29 is 24.6 Å². The largest absolute Gasteiger partial charge is 0.481 e. The van der Waals surface area contributed by atoms with Crippen LogP contribution in [0.15, 0.2) is 10.2 Å². The topological polar surface area (TPSA) is 126 Å². The Morgan fingerprint density at radius 2 is 2.05 bits per heavy atom. The molecule has 0 spiro atoms. The molecule has 1 rings (SSSR count). The van der Waals surface area contributed by atoms with E-state index < -0.39 is 30.3 Å². The molecule has 1 aromatic rings. The van der Waals surface area contributed by atoms with Crippen LogP contribution in [0.25, 0.3) is 0 Å². The molecule has 1 heterocycles. The quantitative estimate of drug-likeness (QED) is 0.633. The number of hydrogen-bond donors (Lipinski definition) is 3. The van der Waals surface area contributed by atoms with Gasteiger partial charge in [-0.1, -0.05) is 11.3 Å². The molecule has 1 atom stereocenters. The molecule has 3 N–H and O–H groups in total. The molecule has 8 nitrogen and oxygen atoms in total. The number of aliphatic carboxylic acids is 2. The highest BCUT2D eigenvalue weighted by atomic mass is 32.1. The lowest BCUT2D eigenvalue weighted by Crippen LogP contribution is -2.44. The van der Waals surface area contributed by atoms with Gasteiger partial charge in [-0.15, -0.1) is 0 Å². The monoisotopic (exact) mass is 288 g/mol. The van der Waals surface area contributed by atoms with Crippen molar-refractivity contribution in [3.05, 3.63) is 20.7 Å². The van der Waals surface area contributed by atoms with E-state index in [4.69, 9.17) is 10.2 Å². The Bertz CT molecular complexity index is 561. The van der Waals surface area contributed by atoms with Gasteiger partial charge in [0.25, 0.3) is 0 Å². The lowest BCUT2D eigenvalue weighted by molar-refractivity contribution is -0.147. The zero-order valence-corrected chi connectivity index (χ0v) is 10.8. The number of amides is 1. The van der Waals surface area contributed by atoms with Crippen LogP contribution in [0.5, 0.6) is 0 Å². The Kier molecular flexibility index (Phi) is 4.81. The highest BCUT2D eigenvalue weighted by Crippen LogP contribution is 2.00. The minimum absolute atomic E-state index is 0.335. The summed E-state index contributed by atoms with van der Waals surface area (Å²) in [4.78, 5) is 43.8. The first-order valence-corrected chi connectivity index (χ1v) is 6.08. The number of aryl methyl sites for hydroxylation is 1. The van der Waals surface area contributed by atoms with Gasteiger partial charge in [0.15, 0.2) is 0 Å². The summed E-state index contributed by atoms with van der Waals surface area (Å²) in [5.41, 5.74) is 0.579. The molecule has 0 fully saturated rings. The molecule has 9 heteroatoms. The van der Waals surface area contributed by atoms with Gasteiger partial charge < -0.3 is 15.5 Å². The number of carbonyl (C=O) groups is 3. The summed E-state index contributed by atoms with van der Waals surface area (Å²) in [5, 5.41) is 20.9. The third-order valence-electron chi connectivity index (χ3n) is 2.29. The molecular formula is C10H12N2O6S. The number of hydrogen-bond acceptors (Lipinski definition) is 5. The fraction of sp³-hybridized carbons (Fsp3) is 0.400. The summed E-state index contributed by atoms with van der Waals surface area (Å²) in [6.45, 7) is 1.30. The summed E-state index contributed by atoms with van der Waals surface area (Å²) in [5.74, 6) is -3.50. The maximum Gasteiger partial charge on any atom is 0.326 e. The Morgan fingerprint density at radius 3 is 2.47 bits per heavy atom. The molecule has 0 aromatic carbocycles. The van der Waals surface area contributed by atoms with Crippen LogP contribution in [0.3, 0.4) is 0 Å². The number of nitrogens with zero attached hydrogens (tertiary/aromatic N) is 1. The zero-order valence-electron chi connectivity index (χ0n) is 9.95. The first-order valence-electron chi connectivity index (χ1n) is 5.20. The third-order valence-corrected chi connectivity index (χ3v) is 3.17. The summed E-state index contributed by atoms with van der Waals surface area (Å²) < 4.78 is 1.18. The first kappa shape index (κ1) is 14.9. The number of aromatic nitrogens is 1. The van der Waals surface area contributed by atoms with Crippen LogP contribution in [0.1, 0.15) is 12.1 Å². The Labute approximate surface area is 111 Å². The predicted molar refractivity (Wildman–Crippen MR) is 65.1 cm³/mol. The average Bonchev–Trinajstić information content (AvgIpc) is 2.59.